The van der Waals surface area contributed by atoms with E-state index in [0.717, 1.165) is 16.6 Å². The van der Waals surface area contributed by atoms with Gasteiger partial charge < -0.3 is 9.72 Å². The molecule has 19 heavy (non-hydrogen) atoms. The Kier molecular flexibility index (Phi) is 3.94. The highest BCUT2D eigenvalue weighted by atomic mass is 16.5. The van der Waals surface area contributed by atoms with Crippen molar-refractivity contribution in [3.63, 3.8) is 0 Å². The number of allylic oxidation sites excluding steroid dienone is 2. The lowest BCUT2D eigenvalue weighted by Crippen LogP contribution is -2.07. The van der Waals surface area contributed by atoms with Crippen LogP contribution in [0.5, 0.6) is 5.88 Å². The van der Waals surface area contributed by atoms with Crippen molar-refractivity contribution in [2.45, 2.75) is 33.3 Å². The zero-order valence-corrected chi connectivity index (χ0v) is 11.3. The normalized spacial score (nSPS) is 11.6. The van der Waals surface area contributed by atoms with Crippen molar-refractivity contribution in [1.29, 1.82) is 0 Å². The van der Waals surface area contributed by atoms with E-state index in [1.165, 1.54) is 13.3 Å². The number of aromatic amines is 1. The second-order valence-electron chi connectivity index (χ2n) is 4.60. The van der Waals surface area contributed by atoms with Crippen molar-refractivity contribution in [2.24, 2.45) is 0 Å². The van der Waals surface area contributed by atoms with Crippen molar-refractivity contribution in [2.75, 3.05) is 0 Å². The Morgan fingerprint density at radius 2 is 2.26 bits per heavy atom. The first kappa shape index (κ1) is 13.3. The lowest BCUT2D eigenvalue weighted by molar-refractivity contribution is -0.112. The average molecular weight is 259 g/mol. The van der Waals surface area contributed by atoms with Crippen LogP contribution in [0.2, 0.25) is 0 Å². The van der Waals surface area contributed by atoms with Gasteiger partial charge in [-0.05, 0) is 38.8 Å². The van der Waals surface area contributed by atoms with Gasteiger partial charge in [0.15, 0.2) is 5.78 Å². The quantitative estimate of drug-likeness (QED) is 0.837. The molecule has 0 aromatic carbocycles. The van der Waals surface area contributed by atoms with E-state index < -0.39 is 0 Å². The van der Waals surface area contributed by atoms with E-state index in [-0.39, 0.29) is 11.9 Å². The maximum Gasteiger partial charge on any atom is 0.226 e. The first-order valence-electron chi connectivity index (χ1n) is 6.22. The van der Waals surface area contributed by atoms with Crippen LogP contribution in [-0.4, -0.2) is 26.8 Å². The van der Waals surface area contributed by atoms with E-state index in [0.29, 0.717) is 12.3 Å². The number of hydrogen-bond acceptors (Lipinski definition) is 4. The molecule has 0 saturated carbocycles. The van der Waals surface area contributed by atoms with E-state index in [2.05, 4.69) is 15.0 Å². The van der Waals surface area contributed by atoms with Gasteiger partial charge in [-0.15, -0.1) is 0 Å². The molecule has 0 amide bonds. The first-order valence-corrected chi connectivity index (χ1v) is 6.22. The molecule has 0 unspecified atom stereocenters. The molecule has 2 aromatic heterocycles. The molecule has 2 heterocycles. The minimum absolute atomic E-state index is 0.0368. The van der Waals surface area contributed by atoms with Crippen molar-refractivity contribution in [3.8, 4) is 5.88 Å². The van der Waals surface area contributed by atoms with Crippen molar-refractivity contribution in [3.05, 3.63) is 30.2 Å². The molecule has 5 heteroatoms. The van der Waals surface area contributed by atoms with E-state index in [1.807, 2.05) is 26.1 Å². The number of ether oxygens (including phenoxy) is 1. The summed E-state index contributed by atoms with van der Waals surface area (Å²) >= 11 is 0. The van der Waals surface area contributed by atoms with Crippen LogP contribution in [0.3, 0.4) is 0 Å². The maximum absolute atomic E-state index is 10.9. The highest BCUT2D eigenvalue weighted by molar-refractivity contribution is 5.88. The molecule has 0 aliphatic rings. The van der Waals surface area contributed by atoms with E-state index in [9.17, 15) is 4.79 Å². The van der Waals surface area contributed by atoms with Gasteiger partial charge in [0.05, 0.1) is 11.5 Å². The Balaban J connectivity index is 2.36. The van der Waals surface area contributed by atoms with Crippen molar-refractivity contribution >= 4 is 16.8 Å². The zero-order chi connectivity index (χ0) is 13.8. The lowest BCUT2D eigenvalue weighted by Gasteiger charge is -2.09. The summed E-state index contributed by atoms with van der Waals surface area (Å²) in [6, 6.07) is 0. The molecule has 1 N–H and O–H groups in total. The number of nitrogens with zero attached hydrogens (tertiary/aromatic N) is 2. The Bertz CT molecular complexity index is 614. The molecule has 0 fully saturated rings. The third-order valence-electron chi connectivity index (χ3n) is 2.55. The molecule has 0 saturated heterocycles. The molecule has 0 bridgehead atoms. The van der Waals surface area contributed by atoms with Crippen LogP contribution < -0.4 is 4.74 Å². The number of H-pyrrole nitrogens is 1. The summed E-state index contributed by atoms with van der Waals surface area (Å²) in [5, 5.41) is 0.879. The molecular weight excluding hydrogens is 242 g/mol. The van der Waals surface area contributed by atoms with Crippen LogP contribution >= 0.6 is 0 Å². The minimum Gasteiger partial charge on any atom is -0.474 e. The highest BCUT2D eigenvalue weighted by Gasteiger charge is 2.12. The highest BCUT2D eigenvalue weighted by Crippen LogP contribution is 2.26. The summed E-state index contributed by atoms with van der Waals surface area (Å²) in [7, 11) is 0. The van der Waals surface area contributed by atoms with Crippen molar-refractivity contribution in [1.82, 2.24) is 15.0 Å². The number of rotatable bonds is 5. The number of nitrogens with one attached hydrogen (secondary N) is 1. The summed E-state index contributed by atoms with van der Waals surface area (Å²) < 4.78 is 5.69. The Morgan fingerprint density at radius 1 is 1.47 bits per heavy atom. The SMILES string of the molecule is CC(=O)C=CCc1c[nH]c2ncnc(OC(C)C)c12. The minimum atomic E-state index is 0.0368. The second-order valence-corrected chi connectivity index (χ2v) is 4.60. The van der Waals surface area contributed by atoms with Gasteiger partial charge in [0.1, 0.15) is 12.0 Å². The molecule has 0 radical (unpaired) electrons. The second kappa shape index (κ2) is 5.65. The standard InChI is InChI=1S/C14H17N3O2/c1-9(2)19-14-12-11(6-4-5-10(3)18)7-15-13(12)16-8-17-14/h4-5,7-9H,6H2,1-3H3,(H,15,16,17). The van der Waals surface area contributed by atoms with Crippen LogP contribution in [-0.2, 0) is 11.2 Å². The molecular formula is C14H17N3O2. The fraction of sp³-hybridized carbons (Fsp3) is 0.357. The number of carbonyl (C=O) groups excluding carboxylic acids is 1. The third-order valence-corrected chi connectivity index (χ3v) is 2.55. The summed E-state index contributed by atoms with van der Waals surface area (Å²) in [6.45, 7) is 5.44. The first-order chi connectivity index (χ1) is 9.08. The molecule has 2 aromatic rings. The van der Waals surface area contributed by atoms with Gasteiger partial charge in [-0.2, -0.15) is 0 Å². The number of ketones is 1. The van der Waals surface area contributed by atoms with Crippen LogP contribution in [0.4, 0.5) is 0 Å². The van der Waals surface area contributed by atoms with Crippen molar-refractivity contribution < 1.29 is 9.53 Å². The van der Waals surface area contributed by atoms with Crippen LogP contribution in [0.15, 0.2) is 24.7 Å². The Morgan fingerprint density at radius 3 is 2.95 bits per heavy atom. The zero-order valence-electron chi connectivity index (χ0n) is 11.3. The molecule has 0 spiro atoms. The molecule has 0 aliphatic carbocycles. The third kappa shape index (κ3) is 3.19. The Hall–Kier alpha value is -2.17. The smallest absolute Gasteiger partial charge is 0.226 e. The van der Waals surface area contributed by atoms with Gasteiger partial charge >= 0.3 is 0 Å². The monoisotopic (exact) mass is 259 g/mol. The maximum atomic E-state index is 10.9. The summed E-state index contributed by atoms with van der Waals surface area (Å²) in [4.78, 5) is 22.3. The number of aromatic nitrogens is 3. The van der Waals surface area contributed by atoms with Gasteiger partial charge in [-0.3, -0.25) is 4.79 Å². The molecule has 5 nitrogen and oxygen atoms in total. The summed E-state index contributed by atoms with van der Waals surface area (Å²) in [5.41, 5.74) is 1.76. The van der Waals surface area contributed by atoms with Gasteiger partial charge in [0.2, 0.25) is 5.88 Å². The van der Waals surface area contributed by atoms with E-state index >= 15 is 0 Å². The largest absolute Gasteiger partial charge is 0.474 e. The molecule has 0 aliphatic heterocycles. The topological polar surface area (TPSA) is 67.9 Å². The fourth-order valence-electron chi connectivity index (χ4n) is 1.82. The van der Waals surface area contributed by atoms with Crippen LogP contribution in [0, 0.1) is 0 Å². The molecule has 100 valence electrons. The average Bonchev–Trinajstić information content (AvgIpc) is 2.72. The predicted molar refractivity (Wildman–Crippen MR) is 73.2 cm³/mol. The molecule has 0 atom stereocenters. The van der Waals surface area contributed by atoms with Gasteiger partial charge in [0.25, 0.3) is 0 Å². The van der Waals surface area contributed by atoms with Gasteiger partial charge in [-0.1, -0.05) is 6.08 Å². The van der Waals surface area contributed by atoms with E-state index in [4.69, 9.17) is 4.74 Å². The predicted octanol–water partition coefficient (Wildman–Crippen LogP) is 2.43. The Labute approximate surface area is 111 Å². The number of fused-ring (bicyclic) bond motifs is 1. The molecule has 2 rings (SSSR count). The summed E-state index contributed by atoms with van der Waals surface area (Å²) in [6.07, 6.45) is 7.43. The van der Waals surface area contributed by atoms with E-state index in [1.54, 1.807) is 6.08 Å². The number of hydrogen-bond donors (Lipinski definition) is 1. The summed E-state index contributed by atoms with van der Waals surface area (Å²) in [5.74, 6) is 0.613. The van der Waals surface area contributed by atoms with Crippen LogP contribution in [0.25, 0.3) is 11.0 Å². The van der Waals surface area contributed by atoms with Gasteiger partial charge in [0, 0.05) is 6.20 Å². The number of carbonyl (C=O) groups is 1. The van der Waals surface area contributed by atoms with Gasteiger partial charge in [-0.25, -0.2) is 9.97 Å². The van der Waals surface area contributed by atoms with Crippen LogP contribution in [0.1, 0.15) is 26.3 Å². The fourth-order valence-corrected chi connectivity index (χ4v) is 1.82. The lowest BCUT2D eigenvalue weighted by atomic mass is 10.1.